The predicted octanol–water partition coefficient (Wildman–Crippen LogP) is 6.38. The van der Waals surface area contributed by atoms with Gasteiger partial charge in [-0.15, -0.1) is 10.2 Å². The van der Waals surface area contributed by atoms with E-state index in [0.29, 0.717) is 49.6 Å². The summed E-state index contributed by atoms with van der Waals surface area (Å²) in [6.07, 6.45) is 2.80. The van der Waals surface area contributed by atoms with Crippen molar-refractivity contribution in [2.24, 2.45) is 0 Å². The molecular weight excluding hydrogens is 546 g/mol. The Balaban J connectivity index is 1.15. The quantitative estimate of drug-likeness (QED) is 0.176. The zero-order valence-corrected chi connectivity index (χ0v) is 25.9. The Morgan fingerprint density at radius 2 is 1.76 bits per heavy atom. The van der Waals surface area contributed by atoms with Crippen LogP contribution in [0.25, 0.3) is 17.3 Å². The highest BCUT2D eigenvalue weighted by Crippen LogP contribution is 2.30. The van der Waals surface area contributed by atoms with Crippen molar-refractivity contribution in [3.63, 3.8) is 0 Å². The number of thioether (sulfide) groups is 1. The lowest BCUT2D eigenvalue weighted by Crippen LogP contribution is -2.55. The van der Waals surface area contributed by atoms with Gasteiger partial charge in [-0.2, -0.15) is 0 Å². The van der Waals surface area contributed by atoms with Crippen molar-refractivity contribution < 1.29 is 14.0 Å². The summed E-state index contributed by atoms with van der Waals surface area (Å²) in [5.41, 5.74) is 4.05. The third-order valence-corrected chi connectivity index (χ3v) is 8.75. The number of nitrogens with zero attached hydrogens (tertiary/aromatic N) is 5. The van der Waals surface area contributed by atoms with Crippen molar-refractivity contribution in [3.8, 4) is 17.3 Å². The summed E-state index contributed by atoms with van der Waals surface area (Å²) in [5.74, 6) is 2.19. The number of hydrogen-bond donors (Lipinski definition) is 0. The van der Waals surface area contributed by atoms with Crippen LogP contribution in [0.15, 0.2) is 76.5 Å². The molecule has 1 atom stereocenters. The molecule has 1 saturated heterocycles. The van der Waals surface area contributed by atoms with E-state index in [1.165, 1.54) is 5.56 Å². The molecule has 2 amide bonds. The summed E-state index contributed by atoms with van der Waals surface area (Å²) < 4.78 is 7.65. The molecule has 4 aromatic rings. The highest BCUT2D eigenvalue weighted by atomic mass is 32.2. The minimum Gasteiger partial charge on any atom is -0.461 e. The van der Waals surface area contributed by atoms with Crippen LogP contribution in [0.2, 0.25) is 0 Å². The molecule has 0 radical (unpaired) electrons. The van der Waals surface area contributed by atoms with Crippen LogP contribution in [0, 0.1) is 6.92 Å². The molecule has 0 bridgehead atoms. The molecule has 1 aliphatic heterocycles. The lowest BCUT2D eigenvalue weighted by molar-refractivity contribution is -0.133. The Hall–Kier alpha value is -3.85. The summed E-state index contributed by atoms with van der Waals surface area (Å²) in [6.45, 7) is 12.2. The lowest BCUT2D eigenvalue weighted by atomic mass is 9.86. The van der Waals surface area contributed by atoms with E-state index in [1.54, 1.807) is 18.0 Å². The fourth-order valence-corrected chi connectivity index (χ4v) is 6.15. The van der Waals surface area contributed by atoms with Crippen molar-refractivity contribution >= 4 is 23.6 Å². The SMILES string of the molecule is Cc1ccccc1-n1c(SCCCC(=O)N2CCN(C(=O)c3ccc(C(C)(C)C)cc3)C(C)C2)nnc1-c1ccco1. The van der Waals surface area contributed by atoms with Crippen molar-refractivity contribution in [3.05, 3.63) is 83.6 Å². The number of furan rings is 1. The van der Waals surface area contributed by atoms with Gasteiger partial charge in [-0.3, -0.25) is 14.2 Å². The summed E-state index contributed by atoms with van der Waals surface area (Å²) in [7, 11) is 0. The molecule has 220 valence electrons. The van der Waals surface area contributed by atoms with Crippen LogP contribution in [0.5, 0.6) is 0 Å². The maximum Gasteiger partial charge on any atom is 0.254 e. The Labute approximate surface area is 252 Å². The number of piperazine rings is 1. The fraction of sp³-hybridized carbons (Fsp3) is 0.394. The van der Waals surface area contributed by atoms with Crippen LogP contribution in [0.4, 0.5) is 0 Å². The van der Waals surface area contributed by atoms with E-state index in [0.717, 1.165) is 22.2 Å². The van der Waals surface area contributed by atoms with E-state index >= 15 is 0 Å². The van der Waals surface area contributed by atoms with Crippen LogP contribution in [0.1, 0.15) is 62.0 Å². The maximum absolute atomic E-state index is 13.2. The van der Waals surface area contributed by atoms with Gasteiger partial charge in [0.15, 0.2) is 10.9 Å². The van der Waals surface area contributed by atoms with E-state index in [-0.39, 0.29) is 23.3 Å². The highest BCUT2D eigenvalue weighted by molar-refractivity contribution is 7.99. The molecule has 1 unspecified atom stereocenters. The summed E-state index contributed by atoms with van der Waals surface area (Å²) in [5, 5.41) is 9.64. The Kier molecular flexibility index (Phi) is 8.87. The van der Waals surface area contributed by atoms with E-state index in [1.807, 2.05) is 75.9 Å². The van der Waals surface area contributed by atoms with Crippen molar-refractivity contribution in [1.29, 1.82) is 0 Å². The van der Waals surface area contributed by atoms with Gasteiger partial charge >= 0.3 is 0 Å². The van der Waals surface area contributed by atoms with Crippen LogP contribution in [0.3, 0.4) is 0 Å². The fourth-order valence-electron chi connectivity index (χ4n) is 5.27. The third kappa shape index (κ3) is 6.46. The Morgan fingerprint density at radius 3 is 2.43 bits per heavy atom. The topological polar surface area (TPSA) is 84.5 Å². The number of para-hydroxylation sites is 1. The molecular formula is C33H39N5O3S. The van der Waals surface area contributed by atoms with Gasteiger partial charge in [0.1, 0.15) is 0 Å². The zero-order valence-electron chi connectivity index (χ0n) is 25.0. The van der Waals surface area contributed by atoms with Crippen LogP contribution >= 0.6 is 11.8 Å². The summed E-state index contributed by atoms with van der Waals surface area (Å²) in [4.78, 5) is 30.1. The van der Waals surface area contributed by atoms with Crippen LogP contribution in [-0.2, 0) is 10.2 Å². The maximum atomic E-state index is 13.2. The second-order valence-corrected chi connectivity index (χ2v) is 12.9. The first-order valence-corrected chi connectivity index (χ1v) is 15.5. The average Bonchev–Trinajstić information content (AvgIpc) is 3.65. The van der Waals surface area contributed by atoms with E-state index in [2.05, 4.69) is 44.0 Å². The number of carbonyl (C=O) groups excluding carboxylic acids is 2. The summed E-state index contributed by atoms with van der Waals surface area (Å²) in [6, 6.07) is 19.7. The first-order chi connectivity index (χ1) is 20.1. The smallest absolute Gasteiger partial charge is 0.254 e. The van der Waals surface area contributed by atoms with Crippen LogP contribution in [-0.4, -0.2) is 67.8 Å². The first kappa shape index (κ1) is 29.6. The van der Waals surface area contributed by atoms with E-state index in [9.17, 15) is 9.59 Å². The standard InChI is InChI=1S/C33H39N5O3S/c1-23-10-6-7-11-27(23)38-30(28-12-8-20-41-28)34-35-32(38)42-21-9-13-29(39)36-18-19-37(24(2)22-36)31(40)25-14-16-26(17-15-25)33(3,4)5/h6-8,10-12,14-17,20,24H,9,13,18-19,21-22H2,1-5H3. The van der Waals surface area contributed by atoms with E-state index in [4.69, 9.17) is 4.42 Å². The summed E-state index contributed by atoms with van der Waals surface area (Å²) >= 11 is 1.59. The second-order valence-electron chi connectivity index (χ2n) is 11.9. The number of benzene rings is 2. The molecule has 1 aliphatic rings. The molecule has 42 heavy (non-hydrogen) atoms. The number of carbonyl (C=O) groups is 2. The monoisotopic (exact) mass is 585 g/mol. The van der Waals surface area contributed by atoms with Gasteiger partial charge in [-0.05, 0) is 67.1 Å². The van der Waals surface area contributed by atoms with Crippen molar-refractivity contribution in [2.75, 3.05) is 25.4 Å². The molecule has 1 fully saturated rings. The average molecular weight is 586 g/mol. The predicted molar refractivity (Wildman–Crippen MR) is 166 cm³/mol. The minimum absolute atomic E-state index is 0.0261. The number of aromatic nitrogens is 3. The van der Waals surface area contributed by atoms with Crippen molar-refractivity contribution in [1.82, 2.24) is 24.6 Å². The number of rotatable bonds is 8. The highest BCUT2D eigenvalue weighted by Gasteiger charge is 2.30. The lowest BCUT2D eigenvalue weighted by Gasteiger charge is -2.40. The van der Waals surface area contributed by atoms with Gasteiger partial charge in [0.05, 0.1) is 12.0 Å². The molecule has 0 N–H and O–H groups in total. The van der Waals surface area contributed by atoms with Crippen LogP contribution < -0.4 is 0 Å². The van der Waals surface area contributed by atoms with Crippen molar-refractivity contribution in [2.45, 2.75) is 64.1 Å². The molecule has 3 heterocycles. The van der Waals surface area contributed by atoms with Gasteiger partial charge in [0.2, 0.25) is 11.7 Å². The minimum atomic E-state index is -0.0421. The first-order valence-electron chi connectivity index (χ1n) is 14.5. The molecule has 8 nitrogen and oxygen atoms in total. The number of amides is 2. The Bertz CT molecular complexity index is 1520. The second kappa shape index (κ2) is 12.6. The molecule has 5 rings (SSSR count). The number of hydrogen-bond acceptors (Lipinski definition) is 6. The Morgan fingerprint density at radius 1 is 1.00 bits per heavy atom. The molecule has 0 saturated carbocycles. The van der Waals surface area contributed by atoms with Gasteiger partial charge in [0, 0.05) is 43.4 Å². The molecule has 2 aromatic carbocycles. The zero-order chi connectivity index (χ0) is 29.9. The van der Waals surface area contributed by atoms with E-state index < -0.39 is 0 Å². The molecule has 0 spiro atoms. The normalized spacial score (nSPS) is 15.7. The molecule has 9 heteroatoms. The largest absolute Gasteiger partial charge is 0.461 e. The van der Waals surface area contributed by atoms with Gasteiger partial charge in [-0.25, -0.2) is 0 Å². The molecule has 0 aliphatic carbocycles. The molecule has 2 aromatic heterocycles. The van der Waals surface area contributed by atoms with Gasteiger partial charge in [0.25, 0.3) is 5.91 Å². The third-order valence-electron chi connectivity index (χ3n) is 7.74. The van der Waals surface area contributed by atoms with Gasteiger partial charge in [-0.1, -0.05) is 62.9 Å². The van der Waals surface area contributed by atoms with Gasteiger partial charge < -0.3 is 14.2 Å². The number of aryl methyl sites for hydroxylation is 1.